The lowest BCUT2D eigenvalue weighted by atomic mass is 9.54. The second-order valence-corrected chi connectivity index (χ2v) is 6.84. The van der Waals surface area contributed by atoms with Gasteiger partial charge in [-0.25, -0.2) is 5.84 Å². The summed E-state index contributed by atoms with van der Waals surface area (Å²) < 4.78 is 2.06. The molecule has 0 spiro atoms. The summed E-state index contributed by atoms with van der Waals surface area (Å²) in [7, 11) is 0. The number of hydrazine groups is 1. The summed E-state index contributed by atoms with van der Waals surface area (Å²) in [6.07, 6.45) is 6.65. The molecule has 0 radical (unpaired) electrons. The number of aryl methyl sites for hydroxylation is 1. The monoisotopic (exact) mass is 275 g/mol. The molecule has 6 nitrogen and oxygen atoms in total. The van der Waals surface area contributed by atoms with Crippen LogP contribution in [0.15, 0.2) is 0 Å². The van der Waals surface area contributed by atoms with Crippen molar-refractivity contribution in [3.8, 4) is 0 Å². The molecular formula is C14H21N5O. The highest BCUT2D eigenvalue weighted by atomic mass is 16.2. The molecule has 6 heteroatoms. The van der Waals surface area contributed by atoms with E-state index >= 15 is 0 Å². The number of nitrogens with one attached hydrogen (secondary N) is 1. The summed E-state index contributed by atoms with van der Waals surface area (Å²) in [5.74, 6) is 9.35. The maximum absolute atomic E-state index is 11.9. The van der Waals surface area contributed by atoms with Crippen LogP contribution in [0, 0.1) is 30.6 Å². The first-order chi connectivity index (χ1) is 9.67. The van der Waals surface area contributed by atoms with Crippen LogP contribution in [-0.2, 0) is 0 Å². The van der Waals surface area contributed by atoms with Gasteiger partial charge in [-0.15, -0.1) is 10.2 Å². The zero-order valence-electron chi connectivity index (χ0n) is 11.7. The molecule has 0 aromatic carbocycles. The van der Waals surface area contributed by atoms with Crippen LogP contribution in [0.1, 0.15) is 54.6 Å². The molecule has 4 saturated carbocycles. The van der Waals surface area contributed by atoms with E-state index in [1.807, 2.05) is 6.92 Å². The number of carbonyl (C=O) groups is 1. The van der Waals surface area contributed by atoms with Crippen LogP contribution in [0.3, 0.4) is 0 Å². The van der Waals surface area contributed by atoms with Gasteiger partial charge in [0, 0.05) is 6.04 Å². The summed E-state index contributed by atoms with van der Waals surface area (Å²) in [6, 6.07) is 0.394. The van der Waals surface area contributed by atoms with Crippen LogP contribution in [0.4, 0.5) is 0 Å². The highest BCUT2D eigenvalue weighted by Crippen LogP contribution is 2.58. The second kappa shape index (κ2) is 4.28. The molecule has 5 rings (SSSR count). The fourth-order valence-electron chi connectivity index (χ4n) is 5.26. The highest BCUT2D eigenvalue weighted by Gasteiger charge is 2.50. The van der Waals surface area contributed by atoms with Crippen molar-refractivity contribution < 1.29 is 4.79 Å². The molecule has 0 atom stereocenters. The van der Waals surface area contributed by atoms with Crippen LogP contribution in [0.2, 0.25) is 0 Å². The molecule has 1 aromatic rings. The lowest BCUT2D eigenvalue weighted by molar-refractivity contribution is -0.0306. The third kappa shape index (κ3) is 1.63. The fourth-order valence-corrected chi connectivity index (χ4v) is 5.26. The van der Waals surface area contributed by atoms with E-state index in [0.29, 0.717) is 23.7 Å². The van der Waals surface area contributed by atoms with E-state index in [1.165, 1.54) is 32.1 Å². The Labute approximate surface area is 118 Å². The average molecular weight is 275 g/mol. The lowest BCUT2D eigenvalue weighted by Crippen LogP contribution is -2.47. The summed E-state index contributed by atoms with van der Waals surface area (Å²) in [4.78, 5) is 11.9. The first kappa shape index (κ1) is 12.3. The van der Waals surface area contributed by atoms with E-state index in [0.717, 1.165) is 17.7 Å². The van der Waals surface area contributed by atoms with Gasteiger partial charge in [-0.3, -0.25) is 10.2 Å². The Balaban J connectivity index is 1.74. The first-order valence-corrected chi connectivity index (χ1v) is 7.59. The Morgan fingerprint density at radius 1 is 1.15 bits per heavy atom. The molecule has 4 aliphatic carbocycles. The van der Waals surface area contributed by atoms with Crippen molar-refractivity contribution >= 4 is 5.91 Å². The Hall–Kier alpha value is -1.43. The summed E-state index contributed by atoms with van der Waals surface area (Å²) in [5, 5.41) is 8.16. The molecule has 1 amide bonds. The van der Waals surface area contributed by atoms with Crippen molar-refractivity contribution in [1.29, 1.82) is 0 Å². The van der Waals surface area contributed by atoms with Gasteiger partial charge in [0.2, 0.25) is 5.82 Å². The Morgan fingerprint density at radius 2 is 1.75 bits per heavy atom. The van der Waals surface area contributed by atoms with E-state index in [1.54, 1.807) is 0 Å². The molecule has 3 N–H and O–H groups in total. The predicted octanol–water partition coefficient (Wildman–Crippen LogP) is 1.19. The minimum Gasteiger partial charge on any atom is -0.303 e. The molecule has 4 fully saturated rings. The topological polar surface area (TPSA) is 85.8 Å². The van der Waals surface area contributed by atoms with Crippen molar-refractivity contribution in [1.82, 2.24) is 20.2 Å². The van der Waals surface area contributed by atoms with Gasteiger partial charge in [-0.1, -0.05) is 0 Å². The van der Waals surface area contributed by atoms with E-state index in [2.05, 4.69) is 20.2 Å². The molecule has 108 valence electrons. The summed E-state index contributed by atoms with van der Waals surface area (Å²) >= 11 is 0. The van der Waals surface area contributed by atoms with Gasteiger partial charge in [0.25, 0.3) is 0 Å². The molecule has 1 heterocycles. The molecule has 1 aromatic heterocycles. The molecule has 0 saturated heterocycles. The minimum atomic E-state index is -0.334. The van der Waals surface area contributed by atoms with Crippen molar-refractivity contribution in [3.05, 3.63) is 11.6 Å². The van der Waals surface area contributed by atoms with E-state index in [4.69, 9.17) is 5.84 Å². The number of aromatic nitrogens is 3. The Kier molecular flexibility index (Phi) is 2.64. The number of amides is 1. The zero-order chi connectivity index (χ0) is 13.9. The molecule has 4 aliphatic rings. The highest BCUT2D eigenvalue weighted by molar-refractivity contribution is 5.90. The quantitative estimate of drug-likeness (QED) is 0.482. The fraction of sp³-hybridized carbons (Fsp3) is 0.786. The normalized spacial score (nSPS) is 38.2. The van der Waals surface area contributed by atoms with Gasteiger partial charge in [0.1, 0.15) is 5.82 Å². The van der Waals surface area contributed by atoms with E-state index in [-0.39, 0.29) is 5.91 Å². The number of nitrogens with two attached hydrogens (primary N) is 1. The maximum atomic E-state index is 11.9. The third-order valence-corrected chi connectivity index (χ3v) is 5.68. The van der Waals surface area contributed by atoms with Crippen LogP contribution in [-0.4, -0.2) is 20.7 Å². The van der Waals surface area contributed by atoms with Crippen molar-refractivity contribution in [2.75, 3.05) is 0 Å². The van der Waals surface area contributed by atoms with Crippen LogP contribution in [0.5, 0.6) is 0 Å². The summed E-state index contributed by atoms with van der Waals surface area (Å²) in [6.45, 7) is 1.94. The Bertz CT molecular complexity index is 524. The number of carbonyl (C=O) groups excluding carboxylic acids is 1. The van der Waals surface area contributed by atoms with Crippen LogP contribution in [0.25, 0.3) is 0 Å². The predicted molar refractivity (Wildman–Crippen MR) is 72.5 cm³/mol. The third-order valence-electron chi connectivity index (χ3n) is 5.68. The lowest BCUT2D eigenvalue weighted by Gasteiger charge is -2.54. The zero-order valence-corrected chi connectivity index (χ0v) is 11.7. The number of rotatable bonds is 2. The maximum Gasteiger partial charge on any atom is 0.303 e. The smallest absolute Gasteiger partial charge is 0.303 e. The van der Waals surface area contributed by atoms with Gasteiger partial charge >= 0.3 is 5.91 Å². The van der Waals surface area contributed by atoms with E-state index in [9.17, 15) is 4.79 Å². The van der Waals surface area contributed by atoms with Gasteiger partial charge in [-0.2, -0.15) is 0 Å². The van der Waals surface area contributed by atoms with Gasteiger partial charge < -0.3 is 4.57 Å². The average Bonchev–Trinajstić information content (AvgIpc) is 2.79. The molecule has 0 unspecified atom stereocenters. The number of hydrogen-bond donors (Lipinski definition) is 2. The van der Waals surface area contributed by atoms with Crippen LogP contribution < -0.4 is 11.3 Å². The number of hydrogen-bond acceptors (Lipinski definition) is 4. The van der Waals surface area contributed by atoms with E-state index < -0.39 is 0 Å². The van der Waals surface area contributed by atoms with Gasteiger partial charge in [0.05, 0.1) is 0 Å². The van der Waals surface area contributed by atoms with Crippen LogP contribution >= 0.6 is 0 Å². The number of nitrogen functional groups attached to an aromatic ring is 1. The largest absolute Gasteiger partial charge is 0.303 e. The second-order valence-electron chi connectivity index (χ2n) is 6.84. The Morgan fingerprint density at radius 3 is 2.30 bits per heavy atom. The van der Waals surface area contributed by atoms with Gasteiger partial charge in [-0.05, 0) is 62.7 Å². The molecular weight excluding hydrogens is 254 g/mol. The standard InChI is InChI=1S/C14H21N5O/c1-7-17-18-13(14(20)16-15)19(7)12-10-3-8-2-9(5-10)6-11(12)4-8/h8-12H,2-6,15H2,1H3,(H,16,20). The minimum absolute atomic E-state index is 0.334. The summed E-state index contributed by atoms with van der Waals surface area (Å²) in [5.41, 5.74) is 2.20. The van der Waals surface area contributed by atoms with Gasteiger partial charge in [0.15, 0.2) is 0 Å². The van der Waals surface area contributed by atoms with Crippen molar-refractivity contribution in [2.24, 2.45) is 29.5 Å². The SMILES string of the molecule is Cc1nnc(C(=O)NN)n1C1C2CC3CC(C2)CC1C3. The van der Waals surface area contributed by atoms with Crippen molar-refractivity contribution in [2.45, 2.75) is 45.1 Å². The molecule has 4 bridgehead atoms. The number of nitrogens with zero attached hydrogens (tertiary/aromatic N) is 3. The first-order valence-electron chi connectivity index (χ1n) is 7.59. The van der Waals surface area contributed by atoms with Crippen molar-refractivity contribution in [3.63, 3.8) is 0 Å². The molecule has 20 heavy (non-hydrogen) atoms. The molecule has 0 aliphatic heterocycles.